The van der Waals surface area contributed by atoms with E-state index in [4.69, 9.17) is 4.74 Å². The Morgan fingerprint density at radius 3 is 2.33 bits per heavy atom. The third-order valence-corrected chi connectivity index (χ3v) is 2.21. The number of hydrogen-bond donors (Lipinski definition) is 1. The first-order valence-electron chi connectivity index (χ1n) is 5.16. The van der Waals surface area contributed by atoms with Crippen LogP contribution in [0.3, 0.4) is 0 Å². The molecule has 1 N–H and O–H groups in total. The number of ether oxygens (including phenoxy) is 1. The van der Waals surface area contributed by atoms with Crippen LogP contribution in [0.15, 0.2) is 24.3 Å². The summed E-state index contributed by atoms with van der Waals surface area (Å²) in [6.07, 6.45) is 0. The van der Waals surface area contributed by atoms with E-state index in [2.05, 4.69) is 41.4 Å². The molecule has 1 aromatic rings. The van der Waals surface area contributed by atoms with Crippen LogP contribution in [0.5, 0.6) is 0 Å². The molecule has 1 rings (SSSR count). The molecular weight excluding hydrogens is 188 g/mol. The molecule has 0 unspecified atom stereocenters. The van der Waals surface area contributed by atoms with Crippen LogP contribution in [0.4, 0.5) is 11.4 Å². The van der Waals surface area contributed by atoms with Crippen LogP contribution >= 0.6 is 0 Å². The van der Waals surface area contributed by atoms with Gasteiger partial charge in [-0.2, -0.15) is 0 Å². The van der Waals surface area contributed by atoms with Gasteiger partial charge in [0.15, 0.2) is 0 Å². The highest BCUT2D eigenvalue weighted by molar-refractivity contribution is 5.54. The molecule has 1 atom stereocenters. The second kappa shape index (κ2) is 5.61. The highest BCUT2D eigenvalue weighted by Gasteiger charge is 2.01. The summed E-state index contributed by atoms with van der Waals surface area (Å²) in [5.74, 6) is 0. The third kappa shape index (κ3) is 3.80. The van der Waals surface area contributed by atoms with Crippen LogP contribution in [-0.4, -0.2) is 33.9 Å². The number of methoxy groups -OCH3 is 1. The van der Waals surface area contributed by atoms with E-state index in [1.54, 1.807) is 7.11 Å². The smallest absolute Gasteiger partial charge is 0.0661 e. The largest absolute Gasteiger partial charge is 0.383 e. The molecule has 0 amide bonds. The minimum Gasteiger partial charge on any atom is -0.383 e. The molecule has 0 aromatic heterocycles. The fourth-order valence-corrected chi connectivity index (χ4v) is 1.43. The Morgan fingerprint density at radius 2 is 1.87 bits per heavy atom. The van der Waals surface area contributed by atoms with Crippen LogP contribution in [0.1, 0.15) is 6.92 Å². The molecule has 0 aliphatic rings. The third-order valence-electron chi connectivity index (χ3n) is 2.21. The van der Waals surface area contributed by atoms with Crippen molar-refractivity contribution in [3.8, 4) is 0 Å². The van der Waals surface area contributed by atoms with Gasteiger partial charge < -0.3 is 15.0 Å². The van der Waals surface area contributed by atoms with Gasteiger partial charge in [0.25, 0.3) is 0 Å². The van der Waals surface area contributed by atoms with Gasteiger partial charge in [0.05, 0.1) is 6.61 Å². The average Bonchev–Trinajstić information content (AvgIpc) is 2.18. The van der Waals surface area contributed by atoms with Gasteiger partial charge in [0, 0.05) is 38.6 Å². The van der Waals surface area contributed by atoms with Gasteiger partial charge in [0.1, 0.15) is 0 Å². The zero-order valence-electron chi connectivity index (χ0n) is 9.95. The van der Waals surface area contributed by atoms with E-state index >= 15 is 0 Å². The van der Waals surface area contributed by atoms with Crippen LogP contribution in [0, 0.1) is 0 Å². The maximum atomic E-state index is 5.07. The van der Waals surface area contributed by atoms with Crippen molar-refractivity contribution < 1.29 is 4.74 Å². The maximum absolute atomic E-state index is 5.07. The Bertz CT molecular complexity index is 282. The molecule has 0 saturated heterocycles. The number of anilines is 2. The summed E-state index contributed by atoms with van der Waals surface area (Å²) in [4.78, 5) is 2.09. The summed E-state index contributed by atoms with van der Waals surface area (Å²) in [5.41, 5.74) is 2.34. The van der Waals surface area contributed by atoms with Crippen molar-refractivity contribution in [1.82, 2.24) is 0 Å². The number of nitrogens with zero attached hydrogens (tertiary/aromatic N) is 1. The summed E-state index contributed by atoms with van der Waals surface area (Å²) in [6, 6.07) is 8.70. The topological polar surface area (TPSA) is 24.5 Å². The fourth-order valence-electron chi connectivity index (χ4n) is 1.43. The lowest BCUT2D eigenvalue weighted by molar-refractivity contribution is 0.190. The normalized spacial score (nSPS) is 12.3. The lowest BCUT2D eigenvalue weighted by Gasteiger charge is -2.16. The minimum atomic E-state index is 0.334. The van der Waals surface area contributed by atoms with Gasteiger partial charge >= 0.3 is 0 Å². The first kappa shape index (κ1) is 11.9. The molecular formula is C12H20N2O. The second-order valence-electron chi connectivity index (χ2n) is 3.94. The standard InChI is InChI=1S/C12H20N2O/c1-10(9-15-4)13-11-5-7-12(8-6-11)14(2)3/h5-8,10,13H,9H2,1-4H3/t10-/m0/s1. The molecule has 84 valence electrons. The van der Waals surface area contributed by atoms with Crippen molar-refractivity contribution in [2.24, 2.45) is 0 Å². The SMILES string of the molecule is COC[C@H](C)Nc1ccc(N(C)C)cc1. The molecule has 0 radical (unpaired) electrons. The minimum absolute atomic E-state index is 0.334. The first-order valence-corrected chi connectivity index (χ1v) is 5.16. The number of rotatable bonds is 5. The summed E-state index contributed by atoms with van der Waals surface area (Å²) in [6.45, 7) is 2.82. The Balaban J connectivity index is 2.56. The van der Waals surface area contributed by atoms with Crippen molar-refractivity contribution in [3.63, 3.8) is 0 Å². The summed E-state index contributed by atoms with van der Waals surface area (Å²) < 4.78 is 5.07. The molecule has 0 saturated carbocycles. The van der Waals surface area contributed by atoms with Gasteiger partial charge in [-0.25, -0.2) is 0 Å². The quantitative estimate of drug-likeness (QED) is 0.803. The first-order chi connectivity index (χ1) is 7.13. The molecule has 15 heavy (non-hydrogen) atoms. The maximum Gasteiger partial charge on any atom is 0.0661 e. The van der Waals surface area contributed by atoms with E-state index < -0.39 is 0 Å². The molecule has 0 fully saturated rings. The molecule has 0 aliphatic heterocycles. The van der Waals surface area contributed by atoms with Gasteiger partial charge in [-0.15, -0.1) is 0 Å². The predicted molar refractivity (Wildman–Crippen MR) is 65.7 cm³/mol. The fraction of sp³-hybridized carbons (Fsp3) is 0.500. The van der Waals surface area contributed by atoms with Crippen molar-refractivity contribution in [2.75, 3.05) is 38.0 Å². The van der Waals surface area contributed by atoms with E-state index in [0.717, 1.165) is 12.3 Å². The zero-order valence-corrected chi connectivity index (χ0v) is 9.95. The average molecular weight is 208 g/mol. The molecule has 3 nitrogen and oxygen atoms in total. The van der Waals surface area contributed by atoms with Gasteiger partial charge in [-0.3, -0.25) is 0 Å². The van der Waals surface area contributed by atoms with Crippen LogP contribution in [0.2, 0.25) is 0 Å². The number of benzene rings is 1. The summed E-state index contributed by atoms with van der Waals surface area (Å²) in [5, 5.41) is 3.37. The molecule has 0 heterocycles. The van der Waals surface area contributed by atoms with Crippen molar-refractivity contribution in [1.29, 1.82) is 0 Å². The molecule has 1 aromatic carbocycles. The molecule has 0 bridgehead atoms. The van der Waals surface area contributed by atoms with E-state index in [9.17, 15) is 0 Å². The number of hydrogen-bond acceptors (Lipinski definition) is 3. The van der Waals surface area contributed by atoms with E-state index in [1.807, 2.05) is 14.1 Å². The Hall–Kier alpha value is -1.22. The summed E-state index contributed by atoms with van der Waals surface area (Å²) in [7, 11) is 5.79. The number of nitrogens with one attached hydrogen (secondary N) is 1. The summed E-state index contributed by atoms with van der Waals surface area (Å²) >= 11 is 0. The van der Waals surface area contributed by atoms with E-state index in [-0.39, 0.29) is 0 Å². The monoisotopic (exact) mass is 208 g/mol. The highest BCUT2D eigenvalue weighted by Crippen LogP contribution is 2.16. The van der Waals surface area contributed by atoms with Crippen molar-refractivity contribution in [3.05, 3.63) is 24.3 Å². The van der Waals surface area contributed by atoms with Crippen LogP contribution in [0.25, 0.3) is 0 Å². The van der Waals surface area contributed by atoms with Crippen molar-refractivity contribution >= 4 is 11.4 Å². The molecule has 3 heteroatoms. The zero-order chi connectivity index (χ0) is 11.3. The Kier molecular flexibility index (Phi) is 4.43. The van der Waals surface area contributed by atoms with E-state index in [0.29, 0.717) is 6.04 Å². The Morgan fingerprint density at radius 1 is 1.27 bits per heavy atom. The lowest BCUT2D eigenvalue weighted by Crippen LogP contribution is -2.20. The Labute approximate surface area is 92.0 Å². The van der Waals surface area contributed by atoms with Crippen LogP contribution in [-0.2, 0) is 4.74 Å². The molecule has 0 spiro atoms. The molecule has 0 aliphatic carbocycles. The van der Waals surface area contributed by atoms with Gasteiger partial charge in [-0.1, -0.05) is 0 Å². The van der Waals surface area contributed by atoms with Crippen LogP contribution < -0.4 is 10.2 Å². The lowest BCUT2D eigenvalue weighted by atomic mass is 10.2. The highest BCUT2D eigenvalue weighted by atomic mass is 16.5. The van der Waals surface area contributed by atoms with Crippen molar-refractivity contribution in [2.45, 2.75) is 13.0 Å². The van der Waals surface area contributed by atoms with Gasteiger partial charge in [-0.05, 0) is 31.2 Å². The van der Waals surface area contributed by atoms with Gasteiger partial charge in [0.2, 0.25) is 0 Å². The van der Waals surface area contributed by atoms with E-state index in [1.165, 1.54) is 5.69 Å². The second-order valence-corrected chi connectivity index (χ2v) is 3.94. The predicted octanol–water partition coefficient (Wildman–Crippen LogP) is 2.20.